The number of aliphatic imine (C=N–C) groups is 1. The molecule has 0 aliphatic carbocycles. The van der Waals surface area contributed by atoms with E-state index in [1.54, 1.807) is 11.4 Å². The number of hydrogen-bond donors (Lipinski definition) is 2. The van der Waals surface area contributed by atoms with Crippen molar-refractivity contribution in [2.24, 2.45) is 10.9 Å². The van der Waals surface area contributed by atoms with Crippen LogP contribution >= 0.6 is 0 Å². The zero-order valence-electron chi connectivity index (χ0n) is 14.5. The molecule has 0 aromatic rings. The van der Waals surface area contributed by atoms with Gasteiger partial charge in [0, 0.05) is 39.8 Å². The van der Waals surface area contributed by atoms with Crippen LogP contribution in [0.25, 0.3) is 0 Å². The normalized spacial score (nSPS) is 28.0. The summed E-state index contributed by atoms with van der Waals surface area (Å²) in [5.74, 6) is 1.26. The molecule has 134 valence electrons. The van der Waals surface area contributed by atoms with Gasteiger partial charge in [0.15, 0.2) is 5.96 Å². The van der Waals surface area contributed by atoms with Crippen LogP contribution in [0.5, 0.6) is 0 Å². The van der Waals surface area contributed by atoms with E-state index < -0.39 is 10.0 Å². The monoisotopic (exact) mass is 346 g/mol. The quantitative estimate of drug-likeness (QED) is 0.556. The Kier molecular flexibility index (Phi) is 6.27. The molecule has 2 N–H and O–H groups in total. The molecular weight excluding hydrogens is 316 g/mol. The van der Waals surface area contributed by atoms with Crippen molar-refractivity contribution in [1.82, 2.24) is 14.9 Å². The molecule has 2 rings (SSSR count). The molecule has 2 heterocycles. The third kappa shape index (κ3) is 5.61. The first-order valence-corrected chi connectivity index (χ1v) is 10.2. The number of guanidine groups is 1. The number of ether oxygens (including phenoxy) is 1. The van der Waals surface area contributed by atoms with E-state index in [1.807, 2.05) is 0 Å². The first-order valence-electron chi connectivity index (χ1n) is 8.36. The predicted octanol–water partition coefficient (Wildman–Crippen LogP) is 0.392. The highest BCUT2D eigenvalue weighted by Gasteiger charge is 2.30. The van der Waals surface area contributed by atoms with Gasteiger partial charge in [-0.05, 0) is 38.5 Å². The van der Waals surface area contributed by atoms with E-state index in [-0.39, 0.29) is 5.60 Å². The minimum Gasteiger partial charge on any atom is -0.373 e. The zero-order chi connectivity index (χ0) is 16.9. The van der Waals surface area contributed by atoms with Crippen molar-refractivity contribution < 1.29 is 13.2 Å². The average molecular weight is 346 g/mol. The van der Waals surface area contributed by atoms with Crippen molar-refractivity contribution in [2.75, 3.05) is 46.1 Å². The van der Waals surface area contributed by atoms with Gasteiger partial charge in [-0.25, -0.2) is 12.7 Å². The van der Waals surface area contributed by atoms with E-state index in [0.717, 1.165) is 51.3 Å². The molecule has 0 aromatic heterocycles. The van der Waals surface area contributed by atoms with E-state index >= 15 is 0 Å². The fourth-order valence-corrected chi connectivity index (χ4v) is 4.03. The van der Waals surface area contributed by atoms with Crippen LogP contribution < -0.4 is 10.6 Å². The number of rotatable bonds is 5. The van der Waals surface area contributed by atoms with Crippen LogP contribution in [0.2, 0.25) is 0 Å². The van der Waals surface area contributed by atoms with Gasteiger partial charge in [0.25, 0.3) is 0 Å². The Labute approximate surface area is 139 Å². The van der Waals surface area contributed by atoms with E-state index in [1.165, 1.54) is 6.26 Å². The van der Waals surface area contributed by atoms with Crippen molar-refractivity contribution >= 4 is 16.0 Å². The fourth-order valence-electron chi connectivity index (χ4n) is 3.15. The summed E-state index contributed by atoms with van der Waals surface area (Å²) in [5.41, 5.74) is -0.0988. The Hall–Kier alpha value is -0.860. The summed E-state index contributed by atoms with van der Waals surface area (Å²) in [6.07, 6.45) is 5.24. The van der Waals surface area contributed by atoms with Gasteiger partial charge < -0.3 is 15.4 Å². The molecule has 2 aliphatic rings. The van der Waals surface area contributed by atoms with Crippen molar-refractivity contribution in [3.8, 4) is 0 Å². The summed E-state index contributed by atoms with van der Waals surface area (Å²) in [5, 5.41) is 6.68. The van der Waals surface area contributed by atoms with E-state index in [2.05, 4.69) is 22.5 Å². The molecule has 2 aliphatic heterocycles. The number of nitrogens with zero attached hydrogens (tertiary/aromatic N) is 2. The molecule has 0 saturated carbocycles. The number of piperidine rings is 1. The number of hydrogen-bond acceptors (Lipinski definition) is 4. The Bertz CT molecular complexity index is 507. The lowest BCUT2D eigenvalue weighted by molar-refractivity contribution is 0.0242. The second kappa shape index (κ2) is 7.81. The third-order valence-electron chi connectivity index (χ3n) is 4.75. The van der Waals surface area contributed by atoms with Crippen LogP contribution in [0.3, 0.4) is 0 Å². The molecule has 0 amide bonds. The van der Waals surface area contributed by atoms with Gasteiger partial charge in [0.05, 0.1) is 11.9 Å². The van der Waals surface area contributed by atoms with Crippen LogP contribution in [0, 0.1) is 5.92 Å². The summed E-state index contributed by atoms with van der Waals surface area (Å²) in [7, 11) is -1.28. The van der Waals surface area contributed by atoms with Crippen LogP contribution in [-0.2, 0) is 14.8 Å². The molecule has 1 atom stereocenters. The smallest absolute Gasteiger partial charge is 0.211 e. The highest BCUT2D eigenvalue weighted by atomic mass is 32.2. The summed E-state index contributed by atoms with van der Waals surface area (Å²) in [6.45, 7) is 5.75. The van der Waals surface area contributed by atoms with Gasteiger partial charge >= 0.3 is 0 Å². The van der Waals surface area contributed by atoms with Crippen molar-refractivity contribution in [3.05, 3.63) is 0 Å². The predicted molar refractivity (Wildman–Crippen MR) is 92.1 cm³/mol. The standard InChI is InChI=1S/C15H30N4O3S/c1-15(7-4-10-22-15)12-18-14(16-2)17-11-13-5-8-19(9-6-13)23(3,20)21/h13H,4-12H2,1-3H3,(H2,16,17,18). The van der Waals surface area contributed by atoms with Crippen molar-refractivity contribution in [3.63, 3.8) is 0 Å². The molecule has 2 fully saturated rings. The molecular formula is C15H30N4O3S. The molecule has 0 bridgehead atoms. The lowest BCUT2D eigenvalue weighted by atomic mass is 9.98. The molecule has 7 nitrogen and oxygen atoms in total. The van der Waals surface area contributed by atoms with Crippen molar-refractivity contribution in [1.29, 1.82) is 0 Å². The molecule has 23 heavy (non-hydrogen) atoms. The molecule has 0 radical (unpaired) electrons. The van der Waals surface area contributed by atoms with Crippen LogP contribution in [-0.4, -0.2) is 70.4 Å². The second-order valence-electron chi connectivity index (χ2n) is 6.81. The number of nitrogens with one attached hydrogen (secondary N) is 2. The highest BCUT2D eigenvalue weighted by Crippen LogP contribution is 2.23. The molecule has 8 heteroatoms. The van der Waals surface area contributed by atoms with Gasteiger partial charge in [-0.15, -0.1) is 0 Å². The first-order chi connectivity index (χ1) is 10.8. The summed E-state index contributed by atoms with van der Waals surface area (Å²) in [6, 6.07) is 0. The Morgan fingerprint density at radius 3 is 2.57 bits per heavy atom. The Balaban J connectivity index is 1.70. The average Bonchev–Trinajstić information content (AvgIpc) is 2.94. The first kappa shape index (κ1) is 18.5. The third-order valence-corrected chi connectivity index (χ3v) is 6.06. The minimum absolute atomic E-state index is 0.0988. The largest absolute Gasteiger partial charge is 0.373 e. The maximum absolute atomic E-state index is 11.5. The lowest BCUT2D eigenvalue weighted by Crippen LogP contribution is -2.47. The van der Waals surface area contributed by atoms with E-state index in [0.29, 0.717) is 19.0 Å². The summed E-state index contributed by atoms with van der Waals surface area (Å²) in [4.78, 5) is 4.25. The Morgan fingerprint density at radius 2 is 2.04 bits per heavy atom. The lowest BCUT2D eigenvalue weighted by Gasteiger charge is -2.31. The van der Waals surface area contributed by atoms with Crippen LogP contribution in [0.1, 0.15) is 32.6 Å². The minimum atomic E-state index is -3.05. The van der Waals surface area contributed by atoms with E-state index in [4.69, 9.17) is 4.74 Å². The van der Waals surface area contributed by atoms with Gasteiger partial charge in [-0.1, -0.05) is 0 Å². The van der Waals surface area contributed by atoms with Gasteiger partial charge in [-0.2, -0.15) is 0 Å². The molecule has 1 unspecified atom stereocenters. The SMILES string of the molecule is CN=C(NCC1CCN(S(C)(=O)=O)CC1)NCC1(C)CCCO1. The van der Waals surface area contributed by atoms with Crippen LogP contribution in [0.15, 0.2) is 4.99 Å². The van der Waals surface area contributed by atoms with Gasteiger partial charge in [0.2, 0.25) is 10.0 Å². The van der Waals surface area contributed by atoms with Crippen molar-refractivity contribution in [2.45, 2.75) is 38.2 Å². The number of sulfonamides is 1. The van der Waals surface area contributed by atoms with Gasteiger partial charge in [0.1, 0.15) is 0 Å². The maximum atomic E-state index is 11.5. The molecule has 2 saturated heterocycles. The Morgan fingerprint density at radius 1 is 1.35 bits per heavy atom. The molecule has 0 aromatic carbocycles. The second-order valence-corrected chi connectivity index (χ2v) is 8.80. The zero-order valence-corrected chi connectivity index (χ0v) is 15.3. The fraction of sp³-hybridized carbons (Fsp3) is 0.933. The topological polar surface area (TPSA) is 83.0 Å². The molecule has 0 spiro atoms. The van der Waals surface area contributed by atoms with Gasteiger partial charge in [-0.3, -0.25) is 4.99 Å². The summed E-state index contributed by atoms with van der Waals surface area (Å²) >= 11 is 0. The van der Waals surface area contributed by atoms with Crippen LogP contribution in [0.4, 0.5) is 0 Å². The highest BCUT2D eigenvalue weighted by molar-refractivity contribution is 7.88. The maximum Gasteiger partial charge on any atom is 0.211 e. The van der Waals surface area contributed by atoms with E-state index in [9.17, 15) is 8.42 Å². The summed E-state index contributed by atoms with van der Waals surface area (Å²) < 4.78 is 30.4.